The van der Waals surface area contributed by atoms with Crippen molar-refractivity contribution in [1.29, 1.82) is 0 Å². The Balaban J connectivity index is 0. The monoisotopic (exact) mass is 214 g/mol. The lowest BCUT2D eigenvalue weighted by atomic mass is 10.7. The Hall–Kier alpha value is 0.360. The fraction of sp³-hybridized carbons (Fsp3) is 1.00. The van der Waals surface area contributed by atoms with Gasteiger partial charge in [-0.2, -0.15) is 0 Å². The van der Waals surface area contributed by atoms with Gasteiger partial charge in [0.15, 0.2) is 0 Å². The van der Waals surface area contributed by atoms with Gasteiger partial charge in [0, 0.05) is 14.2 Å². The lowest BCUT2D eigenvalue weighted by Crippen LogP contribution is -2.06. The molecule has 0 amide bonds. The van der Waals surface area contributed by atoms with Crippen LogP contribution in [0.1, 0.15) is 0 Å². The highest BCUT2D eigenvalue weighted by molar-refractivity contribution is 8.93. The molecule has 0 radical (unpaired) electrons. The van der Waals surface area contributed by atoms with Gasteiger partial charge in [0.2, 0.25) is 0 Å². The van der Waals surface area contributed by atoms with Crippen molar-refractivity contribution in [2.45, 2.75) is 0 Å². The fourth-order valence-corrected chi connectivity index (χ4v) is 0.387. The average molecular weight is 215 g/mol. The van der Waals surface area contributed by atoms with E-state index in [-0.39, 0.29) is 17.0 Å². The minimum atomic E-state index is 0. The van der Waals surface area contributed by atoms with E-state index in [1.807, 2.05) is 0 Å². The van der Waals surface area contributed by atoms with Crippen LogP contribution in [0.5, 0.6) is 0 Å². The second-order valence-corrected chi connectivity index (χ2v) is 1.60. The number of halogens is 1. The predicted molar refractivity (Wildman–Crippen MR) is 44.9 cm³/mol. The molecule has 0 aromatic heterocycles. The van der Waals surface area contributed by atoms with Gasteiger partial charge in [-0.15, -0.1) is 17.0 Å². The SMILES string of the molecule is Br.COCCOCCOC. The second kappa shape index (κ2) is 12.1. The van der Waals surface area contributed by atoms with E-state index in [0.29, 0.717) is 26.4 Å². The van der Waals surface area contributed by atoms with E-state index in [2.05, 4.69) is 0 Å². The third kappa shape index (κ3) is 11.2. The molecule has 0 atom stereocenters. The Morgan fingerprint density at radius 3 is 1.50 bits per heavy atom. The first-order valence-corrected chi connectivity index (χ1v) is 2.97. The van der Waals surface area contributed by atoms with E-state index < -0.39 is 0 Å². The van der Waals surface area contributed by atoms with E-state index in [4.69, 9.17) is 14.2 Å². The van der Waals surface area contributed by atoms with Gasteiger partial charge in [0.1, 0.15) is 0 Å². The third-order valence-corrected chi connectivity index (χ3v) is 0.864. The molecular weight excluding hydrogens is 200 g/mol. The Kier molecular flexibility index (Phi) is 15.7. The molecule has 0 bridgehead atoms. The highest BCUT2D eigenvalue weighted by atomic mass is 79.9. The van der Waals surface area contributed by atoms with Crippen LogP contribution >= 0.6 is 17.0 Å². The van der Waals surface area contributed by atoms with Crippen LogP contribution < -0.4 is 0 Å². The average Bonchev–Trinajstić information content (AvgIpc) is 1.89. The molecule has 0 unspecified atom stereocenters. The molecule has 64 valence electrons. The van der Waals surface area contributed by atoms with E-state index >= 15 is 0 Å². The van der Waals surface area contributed by atoms with Crippen molar-refractivity contribution < 1.29 is 14.2 Å². The van der Waals surface area contributed by atoms with Crippen LogP contribution in [0.15, 0.2) is 0 Å². The van der Waals surface area contributed by atoms with Crippen LogP contribution in [-0.2, 0) is 14.2 Å². The van der Waals surface area contributed by atoms with E-state index in [9.17, 15) is 0 Å². The summed E-state index contributed by atoms with van der Waals surface area (Å²) in [6.07, 6.45) is 0. The first-order chi connectivity index (χ1) is 4.41. The molecule has 0 N–H and O–H groups in total. The van der Waals surface area contributed by atoms with Crippen LogP contribution in [0.2, 0.25) is 0 Å². The van der Waals surface area contributed by atoms with Gasteiger partial charge in [0.25, 0.3) is 0 Å². The molecule has 0 aromatic rings. The summed E-state index contributed by atoms with van der Waals surface area (Å²) in [4.78, 5) is 0. The maximum absolute atomic E-state index is 5.06. The van der Waals surface area contributed by atoms with Crippen molar-refractivity contribution in [3.05, 3.63) is 0 Å². The van der Waals surface area contributed by atoms with Crippen LogP contribution in [0.3, 0.4) is 0 Å². The van der Waals surface area contributed by atoms with Gasteiger partial charge in [0.05, 0.1) is 26.4 Å². The first-order valence-electron chi connectivity index (χ1n) is 2.97. The lowest BCUT2D eigenvalue weighted by molar-refractivity contribution is 0.0385. The molecule has 0 saturated carbocycles. The molecule has 0 rings (SSSR count). The summed E-state index contributed by atoms with van der Waals surface area (Å²) < 4.78 is 14.6. The van der Waals surface area contributed by atoms with Gasteiger partial charge >= 0.3 is 0 Å². The maximum Gasteiger partial charge on any atom is 0.0701 e. The van der Waals surface area contributed by atoms with Crippen molar-refractivity contribution >= 4 is 17.0 Å². The minimum absolute atomic E-state index is 0. The normalized spacial score (nSPS) is 9.00. The maximum atomic E-state index is 5.06. The van der Waals surface area contributed by atoms with Gasteiger partial charge in [-0.25, -0.2) is 0 Å². The van der Waals surface area contributed by atoms with Gasteiger partial charge < -0.3 is 14.2 Å². The molecule has 10 heavy (non-hydrogen) atoms. The van der Waals surface area contributed by atoms with Gasteiger partial charge in [-0.1, -0.05) is 0 Å². The molecule has 0 saturated heterocycles. The first kappa shape index (κ1) is 13.0. The summed E-state index contributed by atoms with van der Waals surface area (Å²) in [5.41, 5.74) is 0. The Morgan fingerprint density at radius 2 is 1.20 bits per heavy atom. The fourth-order valence-electron chi connectivity index (χ4n) is 0.387. The molecule has 0 aromatic carbocycles. The Morgan fingerprint density at radius 1 is 0.800 bits per heavy atom. The smallest absolute Gasteiger partial charge is 0.0701 e. The molecule has 0 aliphatic heterocycles. The van der Waals surface area contributed by atoms with Gasteiger partial charge in [-0.05, 0) is 0 Å². The van der Waals surface area contributed by atoms with E-state index in [1.165, 1.54) is 0 Å². The summed E-state index contributed by atoms with van der Waals surface area (Å²) in [5, 5.41) is 0. The zero-order valence-corrected chi connectivity index (χ0v) is 8.17. The molecule has 0 aliphatic rings. The molecule has 0 heterocycles. The van der Waals surface area contributed by atoms with Crippen LogP contribution in [0, 0.1) is 0 Å². The second-order valence-electron chi connectivity index (χ2n) is 1.60. The summed E-state index contributed by atoms with van der Waals surface area (Å²) in [6, 6.07) is 0. The topological polar surface area (TPSA) is 27.7 Å². The van der Waals surface area contributed by atoms with Crippen molar-refractivity contribution in [2.24, 2.45) is 0 Å². The number of methoxy groups -OCH3 is 2. The van der Waals surface area contributed by atoms with Gasteiger partial charge in [-0.3, -0.25) is 0 Å². The number of ether oxygens (including phenoxy) is 3. The Labute approximate surface area is 72.4 Å². The summed E-state index contributed by atoms with van der Waals surface area (Å²) in [5.74, 6) is 0. The molecule has 0 spiro atoms. The number of hydrogen-bond acceptors (Lipinski definition) is 3. The van der Waals surface area contributed by atoms with Crippen molar-refractivity contribution in [3.8, 4) is 0 Å². The van der Waals surface area contributed by atoms with Crippen molar-refractivity contribution in [2.75, 3.05) is 40.6 Å². The summed E-state index contributed by atoms with van der Waals surface area (Å²) in [6.45, 7) is 2.62. The predicted octanol–water partition coefficient (Wildman–Crippen LogP) is 0.874. The number of hydrogen-bond donors (Lipinski definition) is 0. The zero-order chi connectivity index (χ0) is 6.95. The largest absolute Gasteiger partial charge is 0.382 e. The zero-order valence-electron chi connectivity index (χ0n) is 6.46. The van der Waals surface area contributed by atoms with E-state index in [0.717, 1.165) is 0 Å². The minimum Gasteiger partial charge on any atom is -0.382 e. The van der Waals surface area contributed by atoms with E-state index in [1.54, 1.807) is 14.2 Å². The molecule has 3 nitrogen and oxygen atoms in total. The quantitative estimate of drug-likeness (QED) is 0.615. The van der Waals surface area contributed by atoms with Crippen LogP contribution in [0.4, 0.5) is 0 Å². The lowest BCUT2D eigenvalue weighted by Gasteiger charge is -2.00. The summed E-state index contributed by atoms with van der Waals surface area (Å²) in [7, 11) is 3.30. The molecule has 0 aliphatic carbocycles. The van der Waals surface area contributed by atoms with Crippen molar-refractivity contribution in [3.63, 3.8) is 0 Å². The highest BCUT2D eigenvalue weighted by Crippen LogP contribution is 1.75. The number of rotatable bonds is 6. The third-order valence-electron chi connectivity index (χ3n) is 0.864. The van der Waals surface area contributed by atoms with Crippen molar-refractivity contribution in [1.82, 2.24) is 0 Å². The molecule has 4 heteroatoms. The van der Waals surface area contributed by atoms with Crippen LogP contribution in [0.25, 0.3) is 0 Å². The standard InChI is InChI=1S/C6H14O3.BrH/c1-7-3-5-9-6-4-8-2;/h3-6H2,1-2H3;1H. The summed E-state index contributed by atoms with van der Waals surface area (Å²) >= 11 is 0. The van der Waals surface area contributed by atoms with Crippen LogP contribution in [-0.4, -0.2) is 40.6 Å². The Bertz CT molecular complexity index is 46.3. The molecule has 0 fully saturated rings. The highest BCUT2D eigenvalue weighted by Gasteiger charge is 1.84. The molecular formula is C6H15BrO3.